The van der Waals surface area contributed by atoms with Crippen LogP contribution in [0.1, 0.15) is 16.7 Å². The molecule has 0 fully saturated rings. The highest BCUT2D eigenvalue weighted by atomic mass is 19.1. The number of imide groups is 1. The van der Waals surface area contributed by atoms with Gasteiger partial charge in [0.2, 0.25) is 0 Å². The van der Waals surface area contributed by atoms with Crippen molar-refractivity contribution >= 4 is 28.8 Å². The zero-order valence-electron chi connectivity index (χ0n) is 16.1. The SMILES string of the molecule is Cc1ccc(C)c(N2C(=O)C(Nc3ccc(F)cc3)=C(c3ccccc3)C2=O)c1. The van der Waals surface area contributed by atoms with Crippen molar-refractivity contribution in [3.05, 3.63) is 101 Å². The monoisotopic (exact) mass is 386 g/mol. The molecule has 0 saturated carbocycles. The molecule has 3 aromatic rings. The normalized spacial score (nSPS) is 14.0. The summed E-state index contributed by atoms with van der Waals surface area (Å²) in [5, 5.41) is 3.03. The summed E-state index contributed by atoms with van der Waals surface area (Å²) < 4.78 is 13.3. The average molecular weight is 386 g/mol. The van der Waals surface area contributed by atoms with Gasteiger partial charge >= 0.3 is 0 Å². The first-order valence-corrected chi connectivity index (χ1v) is 9.24. The van der Waals surface area contributed by atoms with Crippen LogP contribution >= 0.6 is 0 Å². The van der Waals surface area contributed by atoms with Gasteiger partial charge in [0.25, 0.3) is 11.8 Å². The van der Waals surface area contributed by atoms with Crippen molar-refractivity contribution in [3.63, 3.8) is 0 Å². The number of nitrogens with one attached hydrogen (secondary N) is 1. The van der Waals surface area contributed by atoms with Crippen molar-refractivity contribution in [2.24, 2.45) is 0 Å². The lowest BCUT2D eigenvalue weighted by Gasteiger charge is -2.18. The molecule has 2 amide bonds. The summed E-state index contributed by atoms with van der Waals surface area (Å²) in [7, 11) is 0. The van der Waals surface area contributed by atoms with Gasteiger partial charge in [-0.3, -0.25) is 9.59 Å². The number of hydrogen-bond donors (Lipinski definition) is 1. The number of hydrogen-bond acceptors (Lipinski definition) is 3. The quantitative estimate of drug-likeness (QED) is 0.653. The summed E-state index contributed by atoms with van der Waals surface area (Å²) >= 11 is 0. The summed E-state index contributed by atoms with van der Waals surface area (Å²) in [4.78, 5) is 27.9. The highest BCUT2D eigenvalue weighted by Crippen LogP contribution is 2.35. The molecule has 1 aliphatic heterocycles. The number of amides is 2. The largest absolute Gasteiger partial charge is 0.350 e. The molecule has 0 radical (unpaired) electrons. The van der Waals surface area contributed by atoms with Gasteiger partial charge < -0.3 is 5.32 Å². The summed E-state index contributed by atoms with van der Waals surface area (Å²) in [6.07, 6.45) is 0. The van der Waals surface area contributed by atoms with Gasteiger partial charge in [0.05, 0.1) is 11.3 Å². The van der Waals surface area contributed by atoms with E-state index in [0.29, 0.717) is 22.5 Å². The maximum absolute atomic E-state index is 13.4. The number of aryl methyl sites for hydroxylation is 2. The number of halogens is 1. The molecule has 0 aromatic heterocycles. The third kappa shape index (κ3) is 3.43. The summed E-state index contributed by atoms with van der Waals surface area (Å²) in [6, 6.07) is 20.4. The Labute approximate surface area is 168 Å². The maximum Gasteiger partial charge on any atom is 0.282 e. The van der Waals surface area contributed by atoms with E-state index in [1.54, 1.807) is 12.1 Å². The van der Waals surface area contributed by atoms with Crippen LogP contribution in [0.15, 0.2) is 78.5 Å². The van der Waals surface area contributed by atoms with Gasteiger partial charge in [-0.15, -0.1) is 0 Å². The number of rotatable bonds is 4. The Balaban J connectivity index is 1.84. The number of carbonyl (C=O) groups excluding carboxylic acids is 2. The second-order valence-electron chi connectivity index (χ2n) is 6.98. The Hall–Kier alpha value is -3.73. The van der Waals surface area contributed by atoms with Crippen molar-refractivity contribution in [1.29, 1.82) is 0 Å². The average Bonchev–Trinajstić information content (AvgIpc) is 2.96. The van der Waals surface area contributed by atoms with Crippen LogP contribution in [0.2, 0.25) is 0 Å². The molecule has 0 atom stereocenters. The number of nitrogens with zero attached hydrogens (tertiary/aromatic N) is 1. The zero-order chi connectivity index (χ0) is 20.5. The predicted octanol–water partition coefficient (Wildman–Crippen LogP) is 4.84. The molecule has 1 heterocycles. The molecule has 29 heavy (non-hydrogen) atoms. The van der Waals surface area contributed by atoms with Crippen LogP contribution in [-0.2, 0) is 9.59 Å². The summed E-state index contributed by atoms with van der Waals surface area (Å²) in [5.74, 6) is -1.20. The molecule has 4 nitrogen and oxygen atoms in total. The second-order valence-corrected chi connectivity index (χ2v) is 6.98. The van der Waals surface area contributed by atoms with Gasteiger partial charge in [0, 0.05) is 5.69 Å². The number of anilines is 2. The minimum atomic E-state index is -0.438. The Morgan fingerprint density at radius 3 is 2.21 bits per heavy atom. The van der Waals surface area contributed by atoms with Gasteiger partial charge in [0.1, 0.15) is 11.5 Å². The van der Waals surface area contributed by atoms with Crippen LogP contribution in [0.5, 0.6) is 0 Å². The molecule has 0 unspecified atom stereocenters. The molecule has 1 aliphatic rings. The first-order valence-electron chi connectivity index (χ1n) is 9.24. The van der Waals surface area contributed by atoms with E-state index < -0.39 is 5.91 Å². The molecule has 0 saturated heterocycles. The van der Waals surface area contributed by atoms with Gasteiger partial charge in [-0.1, -0.05) is 42.5 Å². The van der Waals surface area contributed by atoms with Gasteiger partial charge in [0.15, 0.2) is 0 Å². The first kappa shape index (κ1) is 18.6. The molecule has 0 spiro atoms. The minimum Gasteiger partial charge on any atom is -0.350 e. The van der Waals surface area contributed by atoms with Crippen molar-refractivity contribution in [1.82, 2.24) is 0 Å². The molecule has 5 heteroatoms. The Morgan fingerprint density at radius 1 is 0.828 bits per heavy atom. The van der Waals surface area contributed by atoms with E-state index in [0.717, 1.165) is 11.1 Å². The Kier molecular flexibility index (Phi) is 4.72. The molecule has 144 valence electrons. The first-order chi connectivity index (χ1) is 14.0. The predicted molar refractivity (Wildman–Crippen MR) is 112 cm³/mol. The van der Waals surface area contributed by atoms with E-state index >= 15 is 0 Å². The minimum absolute atomic E-state index is 0.175. The van der Waals surface area contributed by atoms with E-state index in [2.05, 4.69) is 5.32 Å². The Morgan fingerprint density at radius 2 is 1.52 bits per heavy atom. The fourth-order valence-electron chi connectivity index (χ4n) is 3.37. The van der Waals surface area contributed by atoms with Crippen molar-refractivity contribution in [3.8, 4) is 0 Å². The highest BCUT2D eigenvalue weighted by molar-refractivity contribution is 6.46. The highest BCUT2D eigenvalue weighted by Gasteiger charge is 2.40. The van der Waals surface area contributed by atoms with Gasteiger partial charge in [-0.05, 0) is 60.9 Å². The molecule has 0 bridgehead atoms. The topological polar surface area (TPSA) is 49.4 Å². The number of carbonyl (C=O) groups is 2. The summed E-state index contributed by atoms with van der Waals surface area (Å²) in [5.41, 5.74) is 3.97. The fraction of sp³-hybridized carbons (Fsp3) is 0.0833. The van der Waals surface area contributed by atoms with Crippen LogP contribution in [0.25, 0.3) is 5.57 Å². The third-order valence-electron chi connectivity index (χ3n) is 4.87. The third-order valence-corrected chi connectivity index (χ3v) is 4.87. The lowest BCUT2D eigenvalue weighted by Crippen LogP contribution is -2.33. The van der Waals surface area contributed by atoms with Crippen molar-refractivity contribution < 1.29 is 14.0 Å². The van der Waals surface area contributed by atoms with Crippen LogP contribution in [0.4, 0.5) is 15.8 Å². The van der Waals surface area contributed by atoms with Crippen LogP contribution in [-0.4, -0.2) is 11.8 Å². The van der Waals surface area contributed by atoms with E-state index in [-0.39, 0.29) is 17.4 Å². The van der Waals surface area contributed by atoms with Crippen LogP contribution < -0.4 is 10.2 Å². The van der Waals surface area contributed by atoms with Crippen molar-refractivity contribution in [2.75, 3.05) is 10.2 Å². The molecular formula is C24H19FN2O2. The van der Waals surface area contributed by atoms with E-state index in [1.165, 1.54) is 29.2 Å². The maximum atomic E-state index is 13.4. The lowest BCUT2D eigenvalue weighted by molar-refractivity contribution is -0.120. The van der Waals surface area contributed by atoms with Gasteiger partial charge in [-0.2, -0.15) is 0 Å². The smallest absolute Gasteiger partial charge is 0.282 e. The van der Waals surface area contributed by atoms with Crippen LogP contribution in [0.3, 0.4) is 0 Å². The fourth-order valence-corrected chi connectivity index (χ4v) is 3.37. The molecule has 1 N–H and O–H groups in total. The standard InChI is InChI=1S/C24H19FN2O2/c1-15-8-9-16(2)20(14-15)27-23(28)21(17-6-4-3-5-7-17)22(24(27)29)26-19-12-10-18(25)11-13-19/h3-14,26H,1-2H3. The Bertz CT molecular complexity index is 1140. The summed E-state index contributed by atoms with van der Waals surface area (Å²) in [6.45, 7) is 3.78. The second kappa shape index (κ2) is 7.36. The van der Waals surface area contributed by atoms with Gasteiger partial charge in [-0.25, -0.2) is 9.29 Å². The molecule has 3 aromatic carbocycles. The zero-order valence-corrected chi connectivity index (χ0v) is 16.1. The molecular weight excluding hydrogens is 367 g/mol. The molecule has 4 rings (SSSR count). The number of benzene rings is 3. The van der Waals surface area contributed by atoms with E-state index in [4.69, 9.17) is 0 Å². The lowest BCUT2D eigenvalue weighted by atomic mass is 10.0. The van der Waals surface area contributed by atoms with E-state index in [1.807, 2.05) is 50.2 Å². The molecule has 0 aliphatic carbocycles. The van der Waals surface area contributed by atoms with Crippen LogP contribution in [0, 0.1) is 19.7 Å². The van der Waals surface area contributed by atoms with Crippen molar-refractivity contribution in [2.45, 2.75) is 13.8 Å². The van der Waals surface area contributed by atoms with E-state index in [9.17, 15) is 14.0 Å².